The molecule has 5 nitrogen and oxygen atoms in total. The Morgan fingerprint density at radius 3 is 2.84 bits per heavy atom. The number of carbonyl (C=O) groups is 1. The third-order valence-electron chi connectivity index (χ3n) is 3.89. The minimum Gasteiger partial charge on any atom is -0.468 e. The predicted molar refractivity (Wildman–Crippen MR) is 72.5 cm³/mol. The highest BCUT2D eigenvalue weighted by atomic mass is 32.2. The Hall–Kier alpha value is -0.880. The van der Waals surface area contributed by atoms with E-state index in [0.717, 1.165) is 25.8 Å². The number of nitrogens with zero attached hydrogens (tertiary/aromatic N) is 1. The summed E-state index contributed by atoms with van der Waals surface area (Å²) in [6.45, 7) is 1.21. The van der Waals surface area contributed by atoms with Gasteiger partial charge in [-0.15, -0.1) is 0 Å². The molecule has 1 aliphatic heterocycles. The molecular weight excluding hydrogens is 266 g/mol. The number of allylic oxidation sites excluding steroid dienone is 2. The van der Waals surface area contributed by atoms with E-state index >= 15 is 0 Å². The largest absolute Gasteiger partial charge is 0.468 e. The van der Waals surface area contributed by atoms with E-state index in [4.69, 9.17) is 4.74 Å². The molecule has 0 radical (unpaired) electrons. The zero-order valence-corrected chi connectivity index (χ0v) is 12.1. The zero-order valence-electron chi connectivity index (χ0n) is 11.2. The first-order valence-electron chi connectivity index (χ1n) is 6.69. The molecule has 2 aliphatic rings. The fourth-order valence-corrected chi connectivity index (χ4v) is 4.27. The molecule has 0 saturated carbocycles. The molecule has 19 heavy (non-hydrogen) atoms. The van der Waals surface area contributed by atoms with E-state index in [2.05, 4.69) is 12.2 Å². The van der Waals surface area contributed by atoms with Gasteiger partial charge in [-0.2, -0.15) is 0 Å². The number of esters is 1. The lowest BCUT2D eigenvalue weighted by molar-refractivity contribution is -0.146. The van der Waals surface area contributed by atoms with Crippen LogP contribution in [0.2, 0.25) is 0 Å². The van der Waals surface area contributed by atoms with Crippen LogP contribution in [0.1, 0.15) is 19.3 Å². The maximum Gasteiger partial charge on any atom is 0.324 e. The summed E-state index contributed by atoms with van der Waals surface area (Å²) in [6, 6.07) is -0.630. The second-order valence-electron chi connectivity index (χ2n) is 5.30. The number of hydrogen-bond acceptors (Lipinski definition) is 5. The van der Waals surface area contributed by atoms with Crippen LogP contribution >= 0.6 is 0 Å². The van der Waals surface area contributed by atoms with Crippen molar-refractivity contribution in [1.29, 1.82) is 0 Å². The molecule has 0 aromatic carbocycles. The van der Waals surface area contributed by atoms with E-state index in [1.807, 2.05) is 4.90 Å². The summed E-state index contributed by atoms with van der Waals surface area (Å²) in [5.41, 5.74) is 0. The second kappa shape index (κ2) is 6.05. The van der Waals surface area contributed by atoms with Crippen LogP contribution in [0.4, 0.5) is 0 Å². The van der Waals surface area contributed by atoms with Crippen molar-refractivity contribution in [1.82, 2.24) is 4.90 Å². The summed E-state index contributed by atoms with van der Waals surface area (Å²) in [5.74, 6) is 0.109. The monoisotopic (exact) mass is 287 g/mol. The normalized spacial score (nSPS) is 31.0. The van der Waals surface area contributed by atoms with Crippen LogP contribution < -0.4 is 0 Å². The molecule has 0 aromatic heterocycles. The molecule has 2 unspecified atom stereocenters. The summed E-state index contributed by atoms with van der Waals surface area (Å²) >= 11 is 0. The van der Waals surface area contributed by atoms with Crippen molar-refractivity contribution in [3.8, 4) is 0 Å². The summed E-state index contributed by atoms with van der Waals surface area (Å²) in [7, 11) is -1.81. The van der Waals surface area contributed by atoms with Crippen LogP contribution in [0, 0.1) is 5.92 Å². The maximum absolute atomic E-state index is 11.8. The van der Waals surface area contributed by atoms with Crippen molar-refractivity contribution in [3.63, 3.8) is 0 Å². The first-order valence-corrected chi connectivity index (χ1v) is 8.51. The van der Waals surface area contributed by atoms with E-state index in [1.54, 1.807) is 0 Å². The van der Waals surface area contributed by atoms with Crippen LogP contribution in [-0.2, 0) is 19.4 Å². The molecule has 1 aliphatic carbocycles. The van der Waals surface area contributed by atoms with Crippen molar-refractivity contribution >= 4 is 15.8 Å². The number of ether oxygens (including phenoxy) is 1. The molecule has 108 valence electrons. The minimum atomic E-state index is -3.12. The molecule has 2 atom stereocenters. The Morgan fingerprint density at radius 2 is 2.21 bits per heavy atom. The molecule has 6 heteroatoms. The molecule has 0 aromatic rings. The van der Waals surface area contributed by atoms with E-state index in [9.17, 15) is 13.2 Å². The molecule has 1 fully saturated rings. The van der Waals surface area contributed by atoms with Crippen molar-refractivity contribution in [2.24, 2.45) is 5.92 Å². The number of methoxy groups -OCH3 is 1. The Bertz CT molecular complexity index is 457. The number of hydrogen-bond donors (Lipinski definition) is 0. The van der Waals surface area contributed by atoms with Crippen molar-refractivity contribution < 1.29 is 17.9 Å². The highest BCUT2D eigenvalue weighted by Crippen LogP contribution is 2.22. The highest BCUT2D eigenvalue weighted by Gasteiger charge is 2.37. The average molecular weight is 287 g/mol. The van der Waals surface area contributed by atoms with Gasteiger partial charge in [-0.3, -0.25) is 9.69 Å². The van der Waals surface area contributed by atoms with Crippen LogP contribution in [0.25, 0.3) is 0 Å². The van der Waals surface area contributed by atoms with Crippen LogP contribution in [0.3, 0.4) is 0 Å². The summed E-state index contributed by atoms with van der Waals surface area (Å²) in [4.78, 5) is 13.7. The fraction of sp³-hybridized carbons (Fsp3) is 0.769. The third-order valence-corrected chi connectivity index (χ3v) is 5.51. The summed E-state index contributed by atoms with van der Waals surface area (Å²) < 4.78 is 28.1. The zero-order chi connectivity index (χ0) is 13.9. The molecule has 1 saturated heterocycles. The highest BCUT2D eigenvalue weighted by molar-refractivity contribution is 7.91. The van der Waals surface area contributed by atoms with Gasteiger partial charge < -0.3 is 4.74 Å². The lowest BCUT2D eigenvalue weighted by atomic mass is 9.93. The van der Waals surface area contributed by atoms with Gasteiger partial charge in [-0.25, -0.2) is 8.42 Å². The SMILES string of the molecule is COC(=O)C1CS(=O)(=O)CCN1CC1CC=CCC1. The lowest BCUT2D eigenvalue weighted by Gasteiger charge is -2.36. The van der Waals surface area contributed by atoms with Crippen LogP contribution in [0.5, 0.6) is 0 Å². The van der Waals surface area contributed by atoms with E-state index in [1.165, 1.54) is 7.11 Å². The topological polar surface area (TPSA) is 63.7 Å². The van der Waals surface area contributed by atoms with Gasteiger partial charge in [0.05, 0.1) is 18.6 Å². The Kier molecular flexibility index (Phi) is 4.62. The number of carbonyl (C=O) groups excluding carboxylic acids is 1. The maximum atomic E-state index is 11.8. The molecule has 0 bridgehead atoms. The smallest absolute Gasteiger partial charge is 0.324 e. The average Bonchev–Trinajstić information content (AvgIpc) is 2.41. The first kappa shape index (κ1) is 14.5. The van der Waals surface area contributed by atoms with E-state index in [-0.39, 0.29) is 11.5 Å². The standard InChI is InChI=1S/C13H21NO4S/c1-18-13(15)12-10-19(16,17)8-7-14(12)9-11-5-3-2-4-6-11/h2-3,11-12H,4-10H2,1H3. The lowest BCUT2D eigenvalue weighted by Crippen LogP contribution is -2.54. The number of rotatable bonds is 3. The summed E-state index contributed by atoms with van der Waals surface area (Å²) in [6.07, 6.45) is 7.53. The van der Waals surface area contributed by atoms with Gasteiger partial charge in [0.15, 0.2) is 9.84 Å². The van der Waals surface area contributed by atoms with Gasteiger partial charge in [0.25, 0.3) is 0 Å². The van der Waals surface area contributed by atoms with Crippen molar-refractivity contribution in [3.05, 3.63) is 12.2 Å². The van der Waals surface area contributed by atoms with Crippen molar-refractivity contribution in [2.45, 2.75) is 25.3 Å². The quantitative estimate of drug-likeness (QED) is 0.562. The van der Waals surface area contributed by atoms with Gasteiger partial charge in [0.2, 0.25) is 0 Å². The molecule has 0 N–H and O–H groups in total. The molecular formula is C13H21NO4S. The Morgan fingerprint density at radius 1 is 1.42 bits per heavy atom. The molecule has 2 rings (SSSR count). The minimum absolute atomic E-state index is 0.109. The molecule has 0 amide bonds. The Labute approximate surface area is 114 Å². The predicted octanol–water partition coefficient (Wildman–Crippen LogP) is 0.615. The molecule has 1 heterocycles. The Balaban J connectivity index is 2.04. The summed E-state index contributed by atoms with van der Waals surface area (Å²) in [5, 5.41) is 0. The third kappa shape index (κ3) is 3.79. The first-order chi connectivity index (χ1) is 9.02. The van der Waals surface area contributed by atoms with Crippen molar-refractivity contribution in [2.75, 3.05) is 31.7 Å². The van der Waals surface area contributed by atoms with Gasteiger partial charge >= 0.3 is 5.97 Å². The number of sulfone groups is 1. The van der Waals surface area contributed by atoms with Gasteiger partial charge in [-0.05, 0) is 25.2 Å². The second-order valence-corrected chi connectivity index (χ2v) is 7.53. The van der Waals surface area contributed by atoms with Crippen LogP contribution in [0.15, 0.2) is 12.2 Å². The molecule has 0 spiro atoms. The van der Waals surface area contributed by atoms with E-state index in [0.29, 0.717) is 12.5 Å². The fourth-order valence-electron chi connectivity index (χ4n) is 2.77. The van der Waals surface area contributed by atoms with Crippen LogP contribution in [-0.4, -0.2) is 57.0 Å². The van der Waals surface area contributed by atoms with Gasteiger partial charge in [0, 0.05) is 13.1 Å². The van der Waals surface area contributed by atoms with Gasteiger partial charge in [0.1, 0.15) is 6.04 Å². The van der Waals surface area contributed by atoms with E-state index < -0.39 is 21.8 Å². The van der Waals surface area contributed by atoms with Gasteiger partial charge in [-0.1, -0.05) is 12.2 Å².